The van der Waals surface area contributed by atoms with Gasteiger partial charge in [-0.05, 0) is 56.7 Å². The van der Waals surface area contributed by atoms with E-state index in [9.17, 15) is 4.79 Å². The lowest BCUT2D eigenvalue weighted by molar-refractivity contribution is 0.0708. The Hall–Kier alpha value is -3.46. The van der Waals surface area contributed by atoms with E-state index in [4.69, 9.17) is 20.4 Å². The Balaban J connectivity index is 1.48. The van der Waals surface area contributed by atoms with E-state index in [0.29, 0.717) is 23.8 Å². The van der Waals surface area contributed by atoms with Gasteiger partial charge in [-0.25, -0.2) is 15.0 Å². The molecular formula is C26H31N7O2. The van der Waals surface area contributed by atoms with Gasteiger partial charge in [0.15, 0.2) is 5.82 Å². The minimum Gasteiger partial charge on any atom is -0.494 e. The fourth-order valence-corrected chi connectivity index (χ4v) is 5.25. The number of rotatable bonds is 5. The van der Waals surface area contributed by atoms with E-state index in [-0.39, 0.29) is 11.9 Å². The summed E-state index contributed by atoms with van der Waals surface area (Å²) in [4.78, 5) is 29.3. The molecule has 4 aromatic rings. The number of carbonyl (C=O) groups excluding carboxylic acids is 1. The number of hydrogen-bond acceptors (Lipinski definition) is 6. The largest absolute Gasteiger partial charge is 0.494 e. The summed E-state index contributed by atoms with van der Waals surface area (Å²) in [5.41, 5.74) is 10.2. The maximum atomic E-state index is 13.3. The minimum atomic E-state index is -0.0267. The third-order valence-corrected chi connectivity index (χ3v) is 7.27. The second kappa shape index (κ2) is 8.34. The normalized spacial score (nSPS) is 18.5. The summed E-state index contributed by atoms with van der Waals surface area (Å²) in [5, 5.41) is 1.00. The molecule has 1 unspecified atom stereocenters. The molecule has 1 atom stereocenters. The van der Waals surface area contributed by atoms with Crippen molar-refractivity contribution in [3.8, 4) is 17.3 Å². The molecule has 3 aromatic heterocycles. The molecule has 182 valence electrons. The molecule has 9 nitrogen and oxygen atoms in total. The zero-order valence-electron chi connectivity index (χ0n) is 20.5. The molecule has 2 aliphatic rings. The van der Waals surface area contributed by atoms with E-state index in [2.05, 4.69) is 20.2 Å². The van der Waals surface area contributed by atoms with Crippen molar-refractivity contribution < 1.29 is 9.53 Å². The van der Waals surface area contributed by atoms with Crippen molar-refractivity contribution >= 4 is 28.0 Å². The topological polar surface area (TPSA) is 104 Å². The number of ether oxygens (including phenoxy) is 1. The molecule has 9 heteroatoms. The Labute approximate surface area is 203 Å². The summed E-state index contributed by atoms with van der Waals surface area (Å²) in [6, 6.07) is 5.85. The number of nitrogens with two attached hydrogens (primary N) is 1. The average molecular weight is 474 g/mol. The number of imidazole rings is 1. The Morgan fingerprint density at radius 2 is 2.03 bits per heavy atom. The molecule has 0 radical (unpaired) electrons. The van der Waals surface area contributed by atoms with E-state index < -0.39 is 0 Å². The lowest BCUT2D eigenvalue weighted by atomic mass is 10.0. The molecule has 1 aromatic carbocycles. The number of aromatic nitrogens is 5. The van der Waals surface area contributed by atoms with Crippen LogP contribution >= 0.6 is 0 Å². The van der Waals surface area contributed by atoms with Crippen LogP contribution in [0.3, 0.4) is 0 Å². The highest BCUT2D eigenvalue weighted by Crippen LogP contribution is 2.37. The number of amides is 1. The molecule has 0 spiro atoms. The smallest absolute Gasteiger partial charge is 0.254 e. The first-order valence-corrected chi connectivity index (χ1v) is 12.4. The van der Waals surface area contributed by atoms with Crippen molar-refractivity contribution in [1.82, 2.24) is 29.0 Å². The number of aryl methyl sites for hydroxylation is 2. The van der Waals surface area contributed by atoms with Crippen LogP contribution in [0, 0.1) is 12.8 Å². The number of fused-ring (bicyclic) bond motifs is 2. The maximum Gasteiger partial charge on any atom is 0.254 e. The first kappa shape index (κ1) is 22.0. The minimum absolute atomic E-state index is 0.0267. The standard InChI is InChI=1S/C26H31N7O2/c1-15-28-12-18-10-21(33(24(18)29-15)13-16-6-7-16)25-30-20-9-17(11-22(35-3)23(20)31(25)2)26(34)32-8-4-5-19(27)14-32/h9-12,16,19H,4-8,13-14,27H2,1-3H3. The van der Waals surface area contributed by atoms with Gasteiger partial charge in [-0.2, -0.15) is 0 Å². The predicted octanol–water partition coefficient (Wildman–Crippen LogP) is 3.28. The van der Waals surface area contributed by atoms with Crippen molar-refractivity contribution in [1.29, 1.82) is 0 Å². The van der Waals surface area contributed by atoms with E-state index >= 15 is 0 Å². The molecule has 1 saturated carbocycles. The zero-order chi connectivity index (χ0) is 24.3. The molecule has 4 heterocycles. The Kier molecular flexibility index (Phi) is 5.25. The summed E-state index contributed by atoms with van der Waals surface area (Å²) in [6.45, 7) is 4.13. The fourth-order valence-electron chi connectivity index (χ4n) is 5.25. The number of benzene rings is 1. The summed E-state index contributed by atoms with van der Waals surface area (Å²) in [7, 11) is 3.63. The first-order chi connectivity index (χ1) is 16.9. The summed E-state index contributed by atoms with van der Waals surface area (Å²) in [6.07, 6.45) is 6.24. The van der Waals surface area contributed by atoms with E-state index in [1.165, 1.54) is 12.8 Å². The van der Waals surface area contributed by atoms with Gasteiger partial charge in [0, 0.05) is 49.9 Å². The van der Waals surface area contributed by atoms with Gasteiger partial charge >= 0.3 is 0 Å². The molecule has 1 saturated heterocycles. The molecule has 35 heavy (non-hydrogen) atoms. The highest BCUT2D eigenvalue weighted by molar-refractivity contribution is 6.00. The number of carbonyl (C=O) groups is 1. The van der Waals surface area contributed by atoms with Gasteiger partial charge in [-0.15, -0.1) is 0 Å². The van der Waals surface area contributed by atoms with Gasteiger partial charge < -0.3 is 24.5 Å². The second-order valence-corrected chi connectivity index (χ2v) is 9.97. The van der Waals surface area contributed by atoms with Gasteiger partial charge in [0.2, 0.25) is 0 Å². The van der Waals surface area contributed by atoms with E-state index in [0.717, 1.165) is 65.3 Å². The van der Waals surface area contributed by atoms with Gasteiger partial charge in [0.25, 0.3) is 5.91 Å². The van der Waals surface area contributed by atoms with Crippen LogP contribution in [0.1, 0.15) is 41.9 Å². The molecule has 1 aliphatic heterocycles. The zero-order valence-corrected chi connectivity index (χ0v) is 20.5. The van der Waals surface area contributed by atoms with Crippen LogP contribution in [0.5, 0.6) is 5.75 Å². The predicted molar refractivity (Wildman–Crippen MR) is 134 cm³/mol. The third-order valence-electron chi connectivity index (χ3n) is 7.27. The monoisotopic (exact) mass is 473 g/mol. The highest BCUT2D eigenvalue weighted by Gasteiger charge is 2.28. The molecule has 1 aliphatic carbocycles. The SMILES string of the molecule is COc1cc(C(=O)N2CCCC(N)C2)cc2nc(-c3cc4cnc(C)nc4n3CC3CC3)n(C)c12. The van der Waals surface area contributed by atoms with Crippen molar-refractivity contribution in [2.24, 2.45) is 18.7 Å². The van der Waals surface area contributed by atoms with Gasteiger partial charge in [0.05, 0.1) is 18.3 Å². The molecule has 2 N–H and O–H groups in total. The second-order valence-electron chi connectivity index (χ2n) is 9.97. The quantitative estimate of drug-likeness (QED) is 0.477. The van der Waals surface area contributed by atoms with Crippen LogP contribution in [0.2, 0.25) is 0 Å². The van der Waals surface area contributed by atoms with Gasteiger partial charge in [-0.1, -0.05) is 0 Å². The van der Waals surface area contributed by atoms with Crippen molar-refractivity contribution in [2.75, 3.05) is 20.2 Å². The van der Waals surface area contributed by atoms with Crippen LogP contribution in [0.4, 0.5) is 0 Å². The average Bonchev–Trinajstić information content (AvgIpc) is 3.53. The van der Waals surface area contributed by atoms with E-state index in [1.807, 2.05) is 37.2 Å². The van der Waals surface area contributed by atoms with Crippen LogP contribution in [0.25, 0.3) is 33.6 Å². The summed E-state index contributed by atoms with van der Waals surface area (Å²) < 4.78 is 10.1. The molecule has 2 fully saturated rings. The highest BCUT2D eigenvalue weighted by atomic mass is 16.5. The van der Waals surface area contributed by atoms with E-state index in [1.54, 1.807) is 7.11 Å². The molecule has 0 bridgehead atoms. The van der Waals surface area contributed by atoms with Crippen molar-refractivity contribution in [3.05, 3.63) is 35.8 Å². The summed E-state index contributed by atoms with van der Waals surface area (Å²) in [5.74, 6) is 2.85. The maximum absolute atomic E-state index is 13.3. The van der Waals surface area contributed by atoms with Crippen LogP contribution in [0.15, 0.2) is 24.4 Å². The summed E-state index contributed by atoms with van der Waals surface area (Å²) >= 11 is 0. The molecule has 6 rings (SSSR count). The van der Waals surface area contributed by atoms with Crippen LogP contribution in [-0.2, 0) is 13.6 Å². The number of nitrogens with zero attached hydrogens (tertiary/aromatic N) is 6. The number of hydrogen-bond donors (Lipinski definition) is 1. The Morgan fingerprint density at radius 1 is 1.20 bits per heavy atom. The number of methoxy groups -OCH3 is 1. The van der Waals surface area contributed by atoms with Crippen molar-refractivity contribution in [2.45, 2.75) is 45.2 Å². The molecular weight excluding hydrogens is 442 g/mol. The number of likely N-dealkylation sites (tertiary alicyclic amines) is 1. The van der Waals surface area contributed by atoms with Gasteiger partial charge in [-0.3, -0.25) is 4.79 Å². The van der Waals surface area contributed by atoms with Crippen LogP contribution in [-0.4, -0.2) is 61.1 Å². The lowest BCUT2D eigenvalue weighted by Crippen LogP contribution is -2.45. The Bertz CT molecular complexity index is 1450. The lowest BCUT2D eigenvalue weighted by Gasteiger charge is -2.30. The fraction of sp³-hybridized carbons (Fsp3) is 0.462. The van der Waals surface area contributed by atoms with Crippen molar-refractivity contribution in [3.63, 3.8) is 0 Å². The van der Waals surface area contributed by atoms with Crippen LogP contribution < -0.4 is 10.5 Å². The number of piperidine rings is 1. The Morgan fingerprint density at radius 3 is 2.77 bits per heavy atom. The molecule has 1 amide bonds. The third kappa shape index (κ3) is 3.83. The van der Waals surface area contributed by atoms with Gasteiger partial charge in [0.1, 0.15) is 22.7 Å². The first-order valence-electron chi connectivity index (χ1n) is 12.4.